The van der Waals surface area contributed by atoms with Gasteiger partial charge in [-0.1, -0.05) is 30.3 Å². The lowest BCUT2D eigenvalue weighted by molar-refractivity contribution is -0.141. The molecule has 0 spiro atoms. The molecule has 10 heteroatoms. The molecular weight excluding hydrogens is 445 g/mol. The van der Waals surface area contributed by atoms with Crippen molar-refractivity contribution in [3.8, 4) is 6.07 Å². The van der Waals surface area contributed by atoms with Crippen LogP contribution in [-0.2, 0) is 11.0 Å². The van der Waals surface area contributed by atoms with Crippen molar-refractivity contribution in [3.05, 3.63) is 83.6 Å². The monoisotopic (exact) mass is 466 g/mol. The smallest absolute Gasteiger partial charge is 0.370 e. The van der Waals surface area contributed by atoms with Crippen LogP contribution < -0.4 is 10.2 Å². The SMILES string of the molecule is N#Cc1ccc(NC(C(=O)N2CCN(c3ccc(C(F)(F)F)nn3)CC2)c2ccccc2)cc1. The van der Waals surface area contributed by atoms with Crippen LogP contribution in [0.3, 0.4) is 0 Å². The first-order valence-electron chi connectivity index (χ1n) is 10.6. The normalized spacial score (nSPS) is 14.9. The van der Waals surface area contributed by atoms with Crippen LogP contribution in [0, 0.1) is 11.3 Å². The van der Waals surface area contributed by atoms with Crippen LogP contribution in [0.15, 0.2) is 66.7 Å². The van der Waals surface area contributed by atoms with Crippen molar-refractivity contribution in [1.29, 1.82) is 5.26 Å². The van der Waals surface area contributed by atoms with Crippen LogP contribution in [0.5, 0.6) is 0 Å². The number of piperazine rings is 1. The molecule has 7 nitrogen and oxygen atoms in total. The van der Waals surface area contributed by atoms with Gasteiger partial charge in [-0.05, 0) is 42.0 Å². The van der Waals surface area contributed by atoms with E-state index in [1.165, 1.54) is 6.07 Å². The number of aromatic nitrogens is 2. The number of carbonyl (C=O) groups is 1. The van der Waals surface area contributed by atoms with Crippen LogP contribution in [0.2, 0.25) is 0 Å². The maximum atomic E-state index is 13.5. The second kappa shape index (κ2) is 9.79. The lowest BCUT2D eigenvalue weighted by atomic mass is 10.0. The van der Waals surface area contributed by atoms with Gasteiger partial charge in [-0.25, -0.2) is 0 Å². The van der Waals surface area contributed by atoms with Gasteiger partial charge in [-0.2, -0.15) is 18.4 Å². The molecule has 1 saturated heterocycles. The van der Waals surface area contributed by atoms with Gasteiger partial charge in [0, 0.05) is 31.9 Å². The maximum absolute atomic E-state index is 13.5. The van der Waals surface area contributed by atoms with E-state index in [2.05, 4.69) is 21.6 Å². The van der Waals surface area contributed by atoms with Gasteiger partial charge < -0.3 is 15.1 Å². The van der Waals surface area contributed by atoms with E-state index in [4.69, 9.17) is 5.26 Å². The Balaban J connectivity index is 1.45. The quantitative estimate of drug-likeness (QED) is 0.615. The molecule has 2 aromatic carbocycles. The lowest BCUT2D eigenvalue weighted by Gasteiger charge is -2.37. The van der Waals surface area contributed by atoms with E-state index in [0.717, 1.165) is 11.6 Å². The van der Waals surface area contributed by atoms with E-state index in [1.807, 2.05) is 35.2 Å². The summed E-state index contributed by atoms with van der Waals surface area (Å²) in [5.74, 6) is 0.226. The van der Waals surface area contributed by atoms with Gasteiger partial charge in [0.05, 0.1) is 11.6 Å². The number of nitriles is 1. The highest BCUT2D eigenvalue weighted by atomic mass is 19.4. The highest BCUT2D eigenvalue weighted by Gasteiger charge is 2.33. The molecule has 0 radical (unpaired) electrons. The molecule has 1 N–H and O–H groups in total. The number of carbonyl (C=O) groups excluding carboxylic acids is 1. The number of amides is 1. The summed E-state index contributed by atoms with van der Waals surface area (Å²) in [7, 11) is 0. The third-order valence-electron chi connectivity index (χ3n) is 5.56. The second-order valence-electron chi connectivity index (χ2n) is 7.76. The summed E-state index contributed by atoms with van der Waals surface area (Å²) in [6.07, 6.45) is -4.54. The van der Waals surface area contributed by atoms with Crippen LogP contribution >= 0.6 is 0 Å². The van der Waals surface area contributed by atoms with Crippen molar-refractivity contribution < 1.29 is 18.0 Å². The molecule has 1 atom stereocenters. The van der Waals surface area contributed by atoms with Crippen molar-refractivity contribution in [2.75, 3.05) is 36.4 Å². The van der Waals surface area contributed by atoms with Crippen molar-refractivity contribution >= 4 is 17.4 Å². The molecule has 1 amide bonds. The third-order valence-corrected chi connectivity index (χ3v) is 5.56. The first kappa shape index (κ1) is 23.0. The number of alkyl halides is 3. The largest absolute Gasteiger partial charge is 0.435 e. The Kier molecular flexibility index (Phi) is 6.63. The number of hydrogen-bond donors (Lipinski definition) is 1. The van der Waals surface area contributed by atoms with E-state index in [1.54, 1.807) is 29.2 Å². The number of anilines is 2. The minimum absolute atomic E-state index is 0.117. The zero-order valence-electron chi connectivity index (χ0n) is 18.0. The van der Waals surface area contributed by atoms with Gasteiger partial charge in [0.15, 0.2) is 11.5 Å². The molecule has 0 saturated carbocycles. The molecule has 0 aliphatic carbocycles. The van der Waals surface area contributed by atoms with Crippen molar-refractivity contribution in [2.24, 2.45) is 0 Å². The molecule has 4 rings (SSSR count). The van der Waals surface area contributed by atoms with Crippen LogP contribution in [0.4, 0.5) is 24.7 Å². The Morgan fingerprint density at radius 1 is 0.941 bits per heavy atom. The average Bonchev–Trinajstić information content (AvgIpc) is 2.87. The Bertz CT molecular complexity index is 1150. The van der Waals surface area contributed by atoms with Crippen LogP contribution in [-0.4, -0.2) is 47.2 Å². The summed E-state index contributed by atoms with van der Waals surface area (Å²) in [5.41, 5.74) is 0.994. The first-order valence-corrected chi connectivity index (χ1v) is 10.6. The number of rotatable bonds is 5. The third kappa shape index (κ3) is 5.26. The fraction of sp³-hybridized carbons (Fsp3) is 0.250. The number of halogens is 3. The topological polar surface area (TPSA) is 85.2 Å². The highest BCUT2D eigenvalue weighted by molar-refractivity contribution is 5.86. The molecule has 1 fully saturated rings. The Labute approximate surface area is 194 Å². The number of nitrogens with zero attached hydrogens (tertiary/aromatic N) is 5. The fourth-order valence-corrected chi connectivity index (χ4v) is 3.72. The fourth-order valence-electron chi connectivity index (χ4n) is 3.72. The molecule has 34 heavy (non-hydrogen) atoms. The minimum Gasteiger partial charge on any atom is -0.370 e. The van der Waals surface area contributed by atoms with Gasteiger partial charge >= 0.3 is 6.18 Å². The predicted octanol–water partition coefficient (Wildman–Crippen LogP) is 3.87. The number of nitrogens with one attached hydrogen (secondary N) is 1. The minimum atomic E-state index is -4.54. The Morgan fingerprint density at radius 3 is 2.18 bits per heavy atom. The van der Waals surface area contributed by atoms with Gasteiger partial charge in [0.1, 0.15) is 6.04 Å². The zero-order chi connectivity index (χ0) is 24.1. The lowest BCUT2D eigenvalue weighted by Crippen LogP contribution is -2.51. The van der Waals surface area contributed by atoms with Gasteiger partial charge in [-0.3, -0.25) is 4.79 Å². The molecule has 174 valence electrons. The summed E-state index contributed by atoms with van der Waals surface area (Å²) >= 11 is 0. The molecule has 2 heterocycles. The van der Waals surface area contributed by atoms with Gasteiger partial charge in [0.25, 0.3) is 0 Å². The zero-order valence-corrected chi connectivity index (χ0v) is 18.0. The van der Waals surface area contributed by atoms with Crippen LogP contribution in [0.25, 0.3) is 0 Å². The molecule has 0 bridgehead atoms. The standard InChI is InChI=1S/C24H21F3N6O/c25-24(26,27)20-10-11-21(31-30-20)32-12-14-33(15-13-32)23(34)22(18-4-2-1-3-5-18)29-19-8-6-17(16-28)7-9-19/h1-11,22,29H,12-15H2. The summed E-state index contributed by atoms with van der Waals surface area (Å²) in [6, 6.07) is 19.8. The van der Waals surface area contributed by atoms with Crippen molar-refractivity contribution in [1.82, 2.24) is 15.1 Å². The Hall–Kier alpha value is -4.13. The average molecular weight is 466 g/mol. The maximum Gasteiger partial charge on any atom is 0.435 e. The van der Waals surface area contributed by atoms with E-state index >= 15 is 0 Å². The van der Waals surface area contributed by atoms with E-state index in [-0.39, 0.29) is 5.91 Å². The predicted molar refractivity (Wildman–Crippen MR) is 120 cm³/mol. The summed E-state index contributed by atoms with van der Waals surface area (Å²) in [5, 5.41) is 19.3. The van der Waals surface area contributed by atoms with E-state index < -0.39 is 17.9 Å². The Morgan fingerprint density at radius 2 is 1.62 bits per heavy atom. The van der Waals surface area contributed by atoms with Crippen molar-refractivity contribution in [2.45, 2.75) is 12.2 Å². The second-order valence-corrected chi connectivity index (χ2v) is 7.76. The molecule has 1 aliphatic rings. The van der Waals surface area contributed by atoms with E-state index in [9.17, 15) is 18.0 Å². The molecule has 1 aliphatic heterocycles. The van der Waals surface area contributed by atoms with Crippen molar-refractivity contribution in [3.63, 3.8) is 0 Å². The molecular formula is C24H21F3N6O. The number of hydrogen-bond acceptors (Lipinski definition) is 6. The molecule has 1 unspecified atom stereocenters. The first-order chi connectivity index (χ1) is 16.3. The van der Waals surface area contributed by atoms with E-state index in [0.29, 0.717) is 43.2 Å². The molecule has 3 aromatic rings. The highest BCUT2D eigenvalue weighted by Crippen LogP contribution is 2.28. The number of benzene rings is 2. The van der Waals surface area contributed by atoms with Gasteiger partial charge in [0.2, 0.25) is 5.91 Å². The summed E-state index contributed by atoms with van der Waals surface area (Å²) in [4.78, 5) is 17.0. The molecule has 1 aromatic heterocycles. The summed E-state index contributed by atoms with van der Waals surface area (Å²) < 4.78 is 38.2. The van der Waals surface area contributed by atoms with Gasteiger partial charge in [-0.15, -0.1) is 10.2 Å². The summed E-state index contributed by atoms with van der Waals surface area (Å²) in [6.45, 7) is 1.62. The van der Waals surface area contributed by atoms with Crippen LogP contribution in [0.1, 0.15) is 22.9 Å².